The first-order valence-electron chi connectivity index (χ1n) is 7.40. The Labute approximate surface area is 110 Å². The highest BCUT2D eigenvalue weighted by Gasteiger charge is 2.24. The largest absolute Gasteiger partial charge is 0.338 e. The number of piperidine rings is 2. The van der Waals surface area contributed by atoms with Crippen molar-refractivity contribution in [3.63, 3.8) is 0 Å². The fourth-order valence-corrected chi connectivity index (χ4v) is 2.87. The smallest absolute Gasteiger partial charge is 0.317 e. The zero-order valence-electron chi connectivity index (χ0n) is 11.7. The van der Waals surface area contributed by atoms with Gasteiger partial charge in [0, 0.05) is 19.6 Å². The lowest BCUT2D eigenvalue weighted by Crippen LogP contribution is -2.48. The van der Waals surface area contributed by atoms with Gasteiger partial charge in [0.25, 0.3) is 0 Å². The van der Waals surface area contributed by atoms with E-state index in [1.165, 1.54) is 6.42 Å². The van der Waals surface area contributed by atoms with Crippen LogP contribution in [0.5, 0.6) is 0 Å². The topological polar surface area (TPSA) is 44.4 Å². The first kappa shape index (κ1) is 13.7. The molecule has 2 rings (SSSR count). The summed E-state index contributed by atoms with van der Waals surface area (Å²) in [6, 6.07) is 0.139. The molecule has 0 aromatic rings. The van der Waals surface area contributed by atoms with E-state index >= 15 is 0 Å². The van der Waals surface area contributed by atoms with Crippen LogP contribution in [0.1, 0.15) is 33.1 Å². The molecule has 0 saturated carbocycles. The van der Waals surface area contributed by atoms with Crippen LogP contribution in [0.2, 0.25) is 0 Å². The number of carbonyl (C=O) groups excluding carboxylic acids is 1. The lowest BCUT2D eigenvalue weighted by atomic mass is 9.88. The van der Waals surface area contributed by atoms with Crippen molar-refractivity contribution in [1.29, 1.82) is 0 Å². The highest BCUT2D eigenvalue weighted by molar-refractivity contribution is 5.74. The van der Waals surface area contributed by atoms with Crippen molar-refractivity contribution in [3.8, 4) is 0 Å². The predicted molar refractivity (Wildman–Crippen MR) is 73.5 cm³/mol. The molecule has 2 unspecified atom stereocenters. The number of hydrogen-bond acceptors (Lipinski definition) is 2. The third-order valence-corrected chi connectivity index (χ3v) is 4.57. The summed E-state index contributed by atoms with van der Waals surface area (Å²) in [7, 11) is 0. The molecule has 0 aromatic heterocycles. The molecule has 0 aliphatic carbocycles. The summed E-state index contributed by atoms with van der Waals surface area (Å²) in [5, 5.41) is 6.52. The Bertz CT molecular complexity index is 274. The number of rotatable bonds is 2. The van der Waals surface area contributed by atoms with E-state index < -0.39 is 0 Å². The second kappa shape index (κ2) is 6.41. The monoisotopic (exact) mass is 253 g/mol. The Morgan fingerprint density at radius 1 is 1.28 bits per heavy atom. The minimum atomic E-state index is 0.139. The summed E-state index contributed by atoms with van der Waals surface area (Å²) in [5.74, 6) is 2.08. The molecule has 4 heteroatoms. The van der Waals surface area contributed by atoms with Crippen molar-refractivity contribution in [2.24, 2.45) is 17.8 Å². The van der Waals surface area contributed by atoms with Crippen LogP contribution in [-0.2, 0) is 0 Å². The molecule has 2 fully saturated rings. The van der Waals surface area contributed by atoms with E-state index in [1.807, 2.05) is 4.90 Å². The van der Waals surface area contributed by atoms with E-state index in [0.29, 0.717) is 11.8 Å². The summed E-state index contributed by atoms with van der Waals surface area (Å²) in [5.41, 5.74) is 0. The summed E-state index contributed by atoms with van der Waals surface area (Å²) in [4.78, 5) is 14.0. The minimum Gasteiger partial charge on any atom is -0.338 e. The Kier molecular flexibility index (Phi) is 4.87. The van der Waals surface area contributed by atoms with Crippen LogP contribution < -0.4 is 10.6 Å². The van der Waals surface area contributed by atoms with Crippen LogP contribution >= 0.6 is 0 Å². The minimum absolute atomic E-state index is 0.139. The van der Waals surface area contributed by atoms with Gasteiger partial charge in [0.2, 0.25) is 0 Å². The Morgan fingerprint density at radius 2 is 2.00 bits per heavy atom. The first-order chi connectivity index (χ1) is 8.66. The number of nitrogens with zero attached hydrogens (tertiary/aromatic N) is 1. The number of urea groups is 1. The average molecular weight is 253 g/mol. The first-order valence-corrected chi connectivity index (χ1v) is 7.40. The second-order valence-electron chi connectivity index (χ2n) is 6.09. The molecule has 18 heavy (non-hydrogen) atoms. The zero-order valence-corrected chi connectivity index (χ0v) is 11.7. The van der Waals surface area contributed by atoms with Crippen molar-refractivity contribution in [2.75, 3.05) is 32.7 Å². The van der Waals surface area contributed by atoms with Gasteiger partial charge in [-0.2, -0.15) is 0 Å². The molecule has 4 nitrogen and oxygen atoms in total. The van der Waals surface area contributed by atoms with Gasteiger partial charge in [-0.05, 0) is 50.1 Å². The normalized spacial score (nSPS) is 30.2. The van der Waals surface area contributed by atoms with Gasteiger partial charge in [0.1, 0.15) is 0 Å². The van der Waals surface area contributed by atoms with E-state index in [4.69, 9.17) is 0 Å². The molecule has 2 heterocycles. The Balaban J connectivity index is 1.70. The summed E-state index contributed by atoms with van der Waals surface area (Å²) >= 11 is 0. The molecule has 2 atom stereocenters. The maximum absolute atomic E-state index is 12.0. The van der Waals surface area contributed by atoms with Gasteiger partial charge in [-0.15, -0.1) is 0 Å². The zero-order chi connectivity index (χ0) is 13.0. The van der Waals surface area contributed by atoms with Crippen molar-refractivity contribution in [1.82, 2.24) is 15.5 Å². The highest BCUT2D eigenvalue weighted by atomic mass is 16.2. The quantitative estimate of drug-likeness (QED) is 0.786. The van der Waals surface area contributed by atoms with Gasteiger partial charge in [-0.25, -0.2) is 4.79 Å². The molecule has 0 radical (unpaired) electrons. The molecule has 0 spiro atoms. The highest BCUT2D eigenvalue weighted by Crippen LogP contribution is 2.18. The standard InChI is InChI=1S/C14H27N3O/c1-11-4-7-17(8-5-11)14(18)16-10-13-9-15-6-3-12(13)2/h11-13,15H,3-10H2,1-2H3,(H,16,18). The molecular weight excluding hydrogens is 226 g/mol. The predicted octanol–water partition coefficient (Wildman–Crippen LogP) is 1.67. The van der Waals surface area contributed by atoms with Crippen molar-refractivity contribution in [3.05, 3.63) is 0 Å². The fourth-order valence-electron chi connectivity index (χ4n) is 2.87. The van der Waals surface area contributed by atoms with E-state index in [1.54, 1.807) is 0 Å². The van der Waals surface area contributed by atoms with Gasteiger partial charge in [-0.3, -0.25) is 0 Å². The molecule has 104 valence electrons. The van der Waals surface area contributed by atoms with E-state index in [2.05, 4.69) is 24.5 Å². The third kappa shape index (κ3) is 3.61. The molecule has 2 saturated heterocycles. The molecule has 0 aromatic carbocycles. The number of nitrogens with one attached hydrogen (secondary N) is 2. The van der Waals surface area contributed by atoms with Gasteiger partial charge in [-0.1, -0.05) is 13.8 Å². The number of hydrogen-bond donors (Lipinski definition) is 2. The van der Waals surface area contributed by atoms with Crippen LogP contribution in [0.15, 0.2) is 0 Å². The Morgan fingerprint density at radius 3 is 2.67 bits per heavy atom. The van der Waals surface area contributed by atoms with Crippen molar-refractivity contribution >= 4 is 6.03 Å². The van der Waals surface area contributed by atoms with E-state index in [-0.39, 0.29) is 6.03 Å². The summed E-state index contributed by atoms with van der Waals surface area (Å²) in [6.07, 6.45) is 3.52. The molecular formula is C14H27N3O. The van der Waals surface area contributed by atoms with Gasteiger partial charge >= 0.3 is 6.03 Å². The summed E-state index contributed by atoms with van der Waals surface area (Å²) < 4.78 is 0. The second-order valence-corrected chi connectivity index (χ2v) is 6.09. The van der Waals surface area contributed by atoms with Crippen molar-refractivity contribution in [2.45, 2.75) is 33.1 Å². The van der Waals surface area contributed by atoms with Gasteiger partial charge in [0.15, 0.2) is 0 Å². The van der Waals surface area contributed by atoms with Gasteiger partial charge in [0.05, 0.1) is 0 Å². The average Bonchev–Trinajstić information content (AvgIpc) is 2.38. The molecule has 2 amide bonds. The maximum atomic E-state index is 12.0. The molecule has 0 bridgehead atoms. The molecule has 2 aliphatic rings. The molecule has 2 aliphatic heterocycles. The van der Waals surface area contributed by atoms with Crippen LogP contribution in [-0.4, -0.2) is 43.7 Å². The van der Waals surface area contributed by atoms with Crippen LogP contribution in [0.4, 0.5) is 4.79 Å². The summed E-state index contributed by atoms with van der Waals surface area (Å²) in [6.45, 7) is 9.38. The SMILES string of the molecule is CC1CCN(C(=O)NCC2CNCCC2C)CC1. The fraction of sp³-hybridized carbons (Fsp3) is 0.929. The van der Waals surface area contributed by atoms with Gasteiger partial charge < -0.3 is 15.5 Å². The lowest BCUT2D eigenvalue weighted by molar-refractivity contribution is 0.169. The maximum Gasteiger partial charge on any atom is 0.317 e. The third-order valence-electron chi connectivity index (χ3n) is 4.57. The molecule has 2 N–H and O–H groups in total. The van der Waals surface area contributed by atoms with E-state index in [9.17, 15) is 4.79 Å². The Hall–Kier alpha value is -0.770. The van der Waals surface area contributed by atoms with Crippen LogP contribution in [0.25, 0.3) is 0 Å². The lowest BCUT2D eigenvalue weighted by Gasteiger charge is -2.33. The van der Waals surface area contributed by atoms with E-state index in [0.717, 1.165) is 51.5 Å². The van der Waals surface area contributed by atoms with Crippen LogP contribution in [0.3, 0.4) is 0 Å². The van der Waals surface area contributed by atoms with Crippen molar-refractivity contribution < 1.29 is 4.79 Å². The van der Waals surface area contributed by atoms with Crippen LogP contribution in [0, 0.1) is 17.8 Å². The number of likely N-dealkylation sites (tertiary alicyclic amines) is 1. The number of carbonyl (C=O) groups is 1. The number of amides is 2.